The first-order chi connectivity index (χ1) is 6.54. The van der Waals surface area contributed by atoms with Crippen molar-refractivity contribution in [3.05, 3.63) is 15.9 Å². The lowest BCUT2D eigenvalue weighted by Gasteiger charge is -2.17. The molecule has 0 saturated carbocycles. The fourth-order valence-corrected chi connectivity index (χ4v) is 5.05. The zero-order valence-electron chi connectivity index (χ0n) is 8.03. The Hall–Kier alpha value is 0.0900. The number of rotatable bonds is 4. The van der Waals surface area contributed by atoms with Crippen LogP contribution in [0.3, 0.4) is 0 Å². The van der Waals surface area contributed by atoms with Crippen molar-refractivity contribution >= 4 is 37.3 Å². The Labute approximate surface area is 96.9 Å². The Morgan fingerprint density at radius 3 is 2.36 bits per heavy atom. The van der Waals surface area contributed by atoms with Crippen molar-refractivity contribution in [2.24, 2.45) is 0 Å². The van der Waals surface area contributed by atoms with Crippen LogP contribution in [0.5, 0.6) is 0 Å². The van der Waals surface area contributed by atoms with Crippen molar-refractivity contribution in [2.45, 2.75) is 18.1 Å². The molecule has 0 saturated heterocycles. The van der Waals surface area contributed by atoms with Crippen LogP contribution >= 0.6 is 27.3 Å². The molecule has 0 N–H and O–H groups in total. The molecule has 80 valence electrons. The van der Waals surface area contributed by atoms with Crippen LogP contribution in [0.2, 0.25) is 0 Å². The molecule has 0 aromatic carbocycles. The SMILES string of the molecule is CCN(CC)S(=O)(=O)c1sccc1Br. The second-order valence-electron chi connectivity index (χ2n) is 2.65. The zero-order chi connectivity index (χ0) is 10.8. The quantitative estimate of drug-likeness (QED) is 0.856. The normalized spacial score (nSPS) is 12.3. The molecule has 0 aliphatic carbocycles. The first-order valence-corrected chi connectivity index (χ1v) is 7.38. The zero-order valence-corrected chi connectivity index (χ0v) is 11.2. The molecule has 0 amide bonds. The molecule has 0 spiro atoms. The van der Waals surface area contributed by atoms with Crippen LogP contribution < -0.4 is 0 Å². The van der Waals surface area contributed by atoms with Crippen molar-refractivity contribution in [1.29, 1.82) is 0 Å². The monoisotopic (exact) mass is 297 g/mol. The average molecular weight is 298 g/mol. The highest BCUT2D eigenvalue weighted by atomic mass is 79.9. The van der Waals surface area contributed by atoms with Crippen LogP contribution in [0.15, 0.2) is 20.1 Å². The van der Waals surface area contributed by atoms with Gasteiger partial charge in [0.15, 0.2) is 0 Å². The lowest BCUT2D eigenvalue weighted by atomic mass is 10.7. The van der Waals surface area contributed by atoms with E-state index < -0.39 is 10.0 Å². The maximum atomic E-state index is 12.0. The van der Waals surface area contributed by atoms with Gasteiger partial charge in [-0.3, -0.25) is 0 Å². The number of hydrogen-bond donors (Lipinski definition) is 0. The van der Waals surface area contributed by atoms with Gasteiger partial charge in [-0.15, -0.1) is 11.3 Å². The van der Waals surface area contributed by atoms with Crippen molar-refractivity contribution < 1.29 is 8.42 Å². The van der Waals surface area contributed by atoms with Gasteiger partial charge in [-0.1, -0.05) is 13.8 Å². The largest absolute Gasteiger partial charge is 0.253 e. The molecule has 1 rings (SSSR count). The van der Waals surface area contributed by atoms with E-state index in [1.807, 2.05) is 13.8 Å². The van der Waals surface area contributed by atoms with Crippen molar-refractivity contribution in [3.8, 4) is 0 Å². The standard InChI is InChI=1S/C8H12BrNO2S2/c1-3-10(4-2)14(11,12)8-7(9)5-6-13-8/h5-6H,3-4H2,1-2H3. The van der Waals surface area contributed by atoms with E-state index in [9.17, 15) is 8.42 Å². The molecule has 1 aromatic rings. The lowest BCUT2D eigenvalue weighted by Crippen LogP contribution is -2.30. The Kier molecular flexibility index (Phi) is 4.12. The Bertz CT molecular complexity index is 395. The first-order valence-electron chi connectivity index (χ1n) is 4.27. The van der Waals surface area contributed by atoms with Crippen LogP contribution in [-0.2, 0) is 10.0 Å². The summed E-state index contributed by atoms with van der Waals surface area (Å²) < 4.78 is 26.5. The second kappa shape index (κ2) is 4.74. The highest BCUT2D eigenvalue weighted by Gasteiger charge is 2.24. The molecule has 14 heavy (non-hydrogen) atoms. The number of halogens is 1. The molecule has 0 atom stereocenters. The average Bonchev–Trinajstić information content (AvgIpc) is 2.53. The van der Waals surface area contributed by atoms with Gasteiger partial charge in [0.1, 0.15) is 4.21 Å². The Morgan fingerprint density at radius 2 is 2.00 bits per heavy atom. The predicted molar refractivity (Wildman–Crippen MR) is 62.1 cm³/mol. The topological polar surface area (TPSA) is 37.4 Å². The summed E-state index contributed by atoms with van der Waals surface area (Å²) in [5.74, 6) is 0. The summed E-state index contributed by atoms with van der Waals surface area (Å²) >= 11 is 4.47. The van der Waals surface area contributed by atoms with Gasteiger partial charge < -0.3 is 0 Å². The van der Waals surface area contributed by atoms with E-state index in [4.69, 9.17) is 0 Å². The Morgan fingerprint density at radius 1 is 1.43 bits per heavy atom. The molecule has 1 heterocycles. The highest BCUT2D eigenvalue weighted by Crippen LogP contribution is 2.29. The summed E-state index contributed by atoms with van der Waals surface area (Å²) in [5.41, 5.74) is 0. The van der Waals surface area contributed by atoms with Gasteiger partial charge in [-0.25, -0.2) is 8.42 Å². The van der Waals surface area contributed by atoms with Crippen molar-refractivity contribution in [1.82, 2.24) is 4.31 Å². The molecular weight excluding hydrogens is 286 g/mol. The summed E-state index contributed by atoms with van der Waals surface area (Å²) in [6, 6.07) is 1.75. The van der Waals surface area contributed by atoms with Gasteiger partial charge in [-0.2, -0.15) is 4.31 Å². The third kappa shape index (κ3) is 2.18. The van der Waals surface area contributed by atoms with Gasteiger partial charge in [0, 0.05) is 17.6 Å². The van der Waals surface area contributed by atoms with Gasteiger partial charge in [0.05, 0.1) is 0 Å². The van der Waals surface area contributed by atoms with Gasteiger partial charge in [0.2, 0.25) is 0 Å². The number of hydrogen-bond acceptors (Lipinski definition) is 3. The van der Waals surface area contributed by atoms with Gasteiger partial charge in [0.25, 0.3) is 10.0 Å². The molecule has 3 nitrogen and oxygen atoms in total. The molecule has 0 aliphatic rings. The van der Waals surface area contributed by atoms with Crippen LogP contribution in [-0.4, -0.2) is 25.8 Å². The number of nitrogens with zero attached hydrogens (tertiary/aromatic N) is 1. The van der Waals surface area contributed by atoms with E-state index >= 15 is 0 Å². The third-order valence-corrected chi connectivity index (χ3v) is 6.56. The third-order valence-electron chi connectivity index (χ3n) is 1.86. The van der Waals surface area contributed by atoms with Crippen LogP contribution in [0.4, 0.5) is 0 Å². The fraction of sp³-hybridized carbons (Fsp3) is 0.500. The molecule has 0 aliphatic heterocycles. The Balaban J connectivity index is 3.14. The fourth-order valence-electron chi connectivity index (χ4n) is 1.14. The summed E-state index contributed by atoms with van der Waals surface area (Å²) in [5, 5.41) is 1.76. The van der Waals surface area contributed by atoms with E-state index in [-0.39, 0.29) is 0 Å². The van der Waals surface area contributed by atoms with E-state index in [1.54, 1.807) is 11.4 Å². The van der Waals surface area contributed by atoms with E-state index in [2.05, 4.69) is 15.9 Å². The molecule has 0 fully saturated rings. The maximum Gasteiger partial charge on any atom is 0.253 e. The smallest absolute Gasteiger partial charge is 0.206 e. The minimum atomic E-state index is -3.28. The summed E-state index contributed by atoms with van der Waals surface area (Å²) in [4.78, 5) is 0. The molecule has 0 unspecified atom stereocenters. The first kappa shape index (κ1) is 12.2. The number of sulfonamides is 1. The molecule has 6 heteroatoms. The predicted octanol–water partition coefficient (Wildman–Crippen LogP) is 2.54. The minimum Gasteiger partial charge on any atom is -0.206 e. The van der Waals surface area contributed by atoms with Gasteiger partial charge in [-0.05, 0) is 27.4 Å². The van der Waals surface area contributed by atoms with Crippen LogP contribution in [0.1, 0.15) is 13.8 Å². The van der Waals surface area contributed by atoms with Crippen LogP contribution in [0.25, 0.3) is 0 Å². The van der Waals surface area contributed by atoms with E-state index in [0.29, 0.717) is 21.8 Å². The molecule has 0 bridgehead atoms. The van der Waals surface area contributed by atoms with Crippen molar-refractivity contribution in [3.63, 3.8) is 0 Å². The molecule has 0 radical (unpaired) electrons. The second-order valence-corrected chi connectivity index (χ2v) is 6.55. The van der Waals surface area contributed by atoms with Gasteiger partial charge >= 0.3 is 0 Å². The van der Waals surface area contributed by atoms with E-state index in [1.165, 1.54) is 15.6 Å². The highest BCUT2D eigenvalue weighted by molar-refractivity contribution is 9.10. The van der Waals surface area contributed by atoms with Crippen LogP contribution in [0, 0.1) is 0 Å². The molecule has 1 aromatic heterocycles. The summed E-state index contributed by atoms with van der Waals surface area (Å²) in [7, 11) is -3.28. The maximum absolute atomic E-state index is 12.0. The van der Waals surface area contributed by atoms with Crippen molar-refractivity contribution in [2.75, 3.05) is 13.1 Å². The molecular formula is C8H12BrNO2S2. The lowest BCUT2D eigenvalue weighted by molar-refractivity contribution is 0.446. The van der Waals surface area contributed by atoms with E-state index in [0.717, 1.165) is 0 Å². The minimum absolute atomic E-state index is 0.390. The summed E-state index contributed by atoms with van der Waals surface area (Å²) in [6.45, 7) is 4.68. The number of thiophene rings is 1. The summed E-state index contributed by atoms with van der Waals surface area (Å²) in [6.07, 6.45) is 0.